The summed E-state index contributed by atoms with van der Waals surface area (Å²) in [5, 5.41) is 7.15. The van der Waals surface area contributed by atoms with E-state index in [1.165, 1.54) is 10.7 Å². The van der Waals surface area contributed by atoms with E-state index in [2.05, 4.69) is 31.3 Å². The first-order chi connectivity index (χ1) is 12.6. The van der Waals surface area contributed by atoms with Gasteiger partial charge in [0.1, 0.15) is 0 Å². The molecule has 0 saturated heterocycles. The highest BCUT2D eigenvalue weighted by Crippen LogP contribution is 2.18. The van der Waals surface area contributed by atoms with Crippen molar-refractivity contribution in [3.05, 3.63) is 81.3 Å². The third kappa shape index (κ3) is 4.86. The number of amides is 1. The largest absolute Gasteiger partial charge is 0.350 e. The van der Waals surface area contributed by atoms with Crippen LogP contribution in [0.5, 0.6) is 0 Å². The van der Waals surface area contributed by atoms with E-state index in [-0.39, 0.29) is 24.4 Å². The van der Waals surface area contributed by atoms with E-state index in [0.29, 0.717) is 12.2 Å². The Labute approximate surface area is 159 Å². The normalized spacial score (nSPS) is 10.5. The lowest BCUT2D eigenvalue weighted by Gasteiger charge is -2.08. The van der Waals surface area contributed by atoms with Crippen molar-refractivity contribution in [2.45, 2.75) is 19.5 Å². The molecule has 0 bridgehead atoms. The fourth-order valence-electron chi connectivity index (χ4n) is 2.37. The molecule has 0 saturated carbocycles. The number of rotatable bonds is 6. The maximum absolute atomic E-state index is 12.0. The summed E-state index contributed by atoms with van der Waals surface area (Å²) in [5.41, 5.74) is 2.14. The van der Waals surface area contributed by atoms with E-state index >= 15 is 0 Å². The molecule has 2 heterocycles. The minimum atomic E-state index is -0.233. The minimum Gasteiger partial charge on any atom is -0.350 e. The fraction of sp³-hybridized carbons (Fsp3) is 0.158. The minimum absolute atomic E-state index is 0.154. The predicted octanol–water partition coefficient (Wildman–Crippen LogP) is 2.77. The Morgan fingerprint density at radius 1 is 1.08 bits per heavy atom. The summed E-state index contributed by atoms with van der Waals surface area (Å²) in [6.45, 7) is 0.582. The number of pyridine rings is 1. The van der Waals surface area contributed by atoms with Gasteiger partial charge in [0.25, 0.3) is 5.56 Å². The van der Waals surface area contributed by atoms with Crippen molar-refractivity contribution in [3.63, 3.8) is 0 Å². The summed E-state index contributed by atoms with van der Waals surface area (Å²) in [5.74, 6) is -0.154. The summed E-state index contributed by atoms with van der Waals surface area (Å²) >= 11 is 3.39. The second-order valence-electron chi connectivity index (χ2n) is 5.63. The van der Waals surface area contributed by atoms with Gasteiger partial charge in [-0.05, 0) is 30.3 Å². The number of carbonyl (C=O) groups excluding carboxylic acids is 1. The highest BCUT2D eigenvalue weighted by molar-refractivity contribution is 9.10. The van der Waals surface area contributed by atoms with Gasteiger partial charge in [0.05, 0.1) is 24.5 Å². The van der Waals surface area contributed by atoms with E-state index in [1.807, 2.05) is 42.5 Å². The zero-order chi connectivity index (χ0) is 18.4. The lowest BCUT2D eigenvalue weighted by Crippen LogP contribution is -2.28. The van der Waals surface area contributed by atoms with Crippen molar-refractivity contribution in [2.75, 3.05) is 0 Å². The van der Waals surface area contributed by atoms with Gasteiger partial charge in [-0.2, -0.15) is 5.10 Å². The Bertz CT molecular complexity index is 940. The van der Waals surface area contributed by atoms with Gasteiger partial charge < -0.3 is 5.32 Å². The number of hydrogen-bond donors (Lipinski definition) is 1. The fourth-order valence-corrected chi connectivity index (χ4v) is 2.64. The van der Waals surface area contributed by atoms with Gasteiger partial charge in [-0.3, -0.25) is 14.6 Å². The molecule has 3 aromatic rings. The third-order valence-electron chi connectivity index (χ3n) is 3.75. The standard InChI is InChI=1S/C19H17BrN4O2/c20-15-6-4-14(5-7-15)17-8-9-19(26)24(23-17)12-10-18(25)22-13-16-3-1-2-11-21-16/h1-9,11H,10,12-13H2,(H,22,25). The molecule has 26 heavy (non-hydrogen) atoms. The second-order valence-corrected chi connectivity index (χ2v) is 6.55. The van der Waals surface area contributed by atoms with E-state index in [4.69, 9.17) is 0 Å². The van der Waals surface area contributed by atoms with Gasteiger partial charge in [0.15, 0.2) is 0 Å². The smallest absolute Gasteiger partial charge is 0.266 e. The summed E-state index contributed by atoms with van der Waals surface area (Å²) in [6.07, 6.45) is 1.85. The summed E-state index contributed by atoms with van der Waals surface area (Å²) in [4.78, 5) is 28.2. The third-order valence-corrected chi connectivity index (χ3v) is 4.28. The molecule has 1 amide bonds. The second kappa shape index (κ2) is 8.53. The van der Waals surface area contributed by atoms with E-state index in [9.17, 15) is 9.59 Å². The molecule has 3 rings (SSSR count). The molecule has 0 unspecified atom stereocenters. The molecule has 0 atom stereocenters. The zero-order valence-corrected chi connectivity index (χ0v) is 15.5. The molecule has 0 aliphatic carbocycles. The lowest BCUT2D eigenvalue weighted by atomic mass is 10.1. The Hall–Kier alpha value is -2.80. The Morgan fingerprint density at radius 3 is 2.62 bits per heavy atom. The topological polar surface area (TPSA) is 76.9 Å². The lowest BCUT2D eigenvalue weighted by molar-refractivity contribution is -0.121. The average molecular weight is 413 g/mol. The molecular formula is C19H17BrN4O2. The van der Waals surface area contributed by atoms with Crippen molar-refractivity contribution in [1.82, 2.24) is 20.1 Å². The van der Waals surface area contributed by atoms with Gasteiger partial charge in [0, 0.05) is 28.7 Å². The molecule has 0 aliphatic rings. The molecular weight excluding hydrogens is 396 g/mol. The van der Waals surface area contributed by atoms with Gasteiger partial charge >= 0.3 is 0 Å². The van der Waals surface area contributed by atoms with Crippen LogP contribution in [-0.4, -0.2) is 20.7 Å². The first-order valence-electron chi connectivity index (χ1n) is 8.12. The molecule has 0 aliphatic heterocycles. The van der Waals surface area contributed by atoms with Crippen LogP contribution in [0.15, 0.2) is 70.1 Å². The van der Waals surface area contributed by atoms with Crippen molar-refractivity contribution in [2.24, 2.45) is 0 Å². The number of aromatic nitrogens is 3. The van der Waals surface area contributed by atoms with Gasteiger partial charge in [-0.1, -0.05) is 34.1 Å². The van der Waals surface area contributed by atoms with E-state index in [1.54, 1.807) is 12.3 Å². The number of carbonyl (C=O) groups is 1. The van der Waals surface area contributed by atoms with Crippen molar-refractivity contribution >= 4 is 21.8 Å². The number of nitrogens with zero attached hydrogens (tertiary/aromatic N) is 3. The van der Waals surface area contributed by atoms with Crippen LogP contribution in [-0.2, 0) is 17.9 Å². The molecule has 1 aromatic carbocycles. The van der Waals surface area contributed by atoms with Gasteiger partial charge in [-0.25, -0.2) is 4.68 Å². The number of halogens is 1. The predicted molar refractivity (Wildman–Crippen MR) is 102 cm³/mol. The highest BCUT2D eigenvalue weighted by Gasteiger charge is 2.07. The van der Waals surface area contributed by atoms with Crippen molar-refractivity contribution in [1.29, 1.82) is 0 Å². The van der Waals surface area contributed by atoms with Gasteiger partial charge in [-0.15, -0.1) is 0 Å². The number of nitrogens with one attached hydrogen (secondary N) is 1. The Balaban J connectivity index is 1.62. The van der Waals surface area contributed by atoms with E-state index < -0.39 is 0 Å². The summed E-state index contributed by atoms with van der Waals surface area (Å²) in [6, 6.07) is 16.3. The monoisotopic (exact) mass is 412 g/mol. The quantitative estimate of drug-likeness (QED) is 0.674. The highest BCUT2D eigenvalue weighted by atomic mass is 79.9. The van der Waals surface area contributed by atoms with Crippen LogP contribution in [0, 0.1) is 0 Å². The molecule has 1 N–H and O–H groups in total. The molecule has 0 fully saturated rings. The summed E-state index contributed by atoms with van der Waals surface area (Å²) < 4.78 is 2.29. The number of hydrogen-bond acceptors (Lipinski definition) is 4. The average Bonchev–Trinajstić information content (AvgIpc) is 2.67. The molecule has 0 radical (unpaired) electrons. The molecule has 6 nitrogen and oxygen atoms in total. The molecule has 0 spiro atoms. The van der Waals surface area contributed by atoms with E-state index in [0.717, 1.165) is 15.7 Å². The van der Waals surface area contributed by atoms with Crippen LogP contribution >= 0.6 is 15.9 Å². The number of benzene rings is 1. The Kier molecular flexibility index (Phi) is 5.91. The maximum atomic E-state index is 12.0. The van der Waals surface area contributed by atoms with Crippen molar-refractivity contribution < 1.29 is 4.79 Å². The maximum Gasteiger partial charge on any atom is 0.266 e. The van der Waals surface area contributed by atoms with Crippen LogP contribution in [0.4, 0.5) is 0 Å². The first-order valence-corrected chi connectivity index (χ1v) is 8.92. The Morgan fingerprint density at radius 2 is 1.88 bits per heavy atom. The van der Waals surface area contributed by atoms with Gasteiger partial charge in [0.2, 0.25) is 5.91 Å². The SMILES string of the molecule is O=C(CCn1nc(-c2ccc(Br)cc2)ccc1=O)NCc1ccccn1. The van der Waals surface area contributed by atoms with Crippen LogP contribution in [0.3, 0.4) is 0 Å². The van der Waals surface area contributed by atoms with Crippen LogP contribution in [0.1, 0.15) is 12.1 Å². The van der Waals surface area contributed by atoms with Crippen LogP contribution < -0.4 is 10.9 Å². The van der Waals surface area contributed by atoms with Crippen LogP contribution in [0.2, 0.25) is 0 Å². The zero-order valence-electron chi connectivity index (χ0n) is 13.9. The summed E-state index contributed by atoms with van der Waals surface area (Å²) in [7, 11) is 0. The molecule has 2 aromatic heterocycles. The molecule has 132 valence electrons. The van der Waals surface area contributed by atoms with Crippen molar-refractivity contribution in [3.8, 4) is 11.3 Å². The van der Waals surface area contributed by atoms with Crippen LogP contribution in [0.25, 0.3) is 11.3 Å². The molecule has 7 heteroatoms. The first kappa shape index (κ1) is 18.0. The number of aryl methyl sites for hydroxylation is 1.